The predicted molar refractivity (Wildman–Crippen MR) is 46.8 cm³/mol. The highest BCUT2D eigenvalue weighted by Gasteiger charge is 2.02. The first-order valence-electron chi connectivity index (χ1n) is 3.54. The standard InChI is InChI=1S/C7H8FN3OS/c1-9-5(12)4-13-6-2-3-10-7(8)11-6/h2-3H,4H2,1H3,(H,9,12). The first-order chi connectivity index (χ1) is 6.22. The molecule has 0 fully saturated rings. The highest BCUT2D eigenvalue weighted by Crippen LogP contribution is 2.13. The van der Waals surface area contributed by atoms with Crippen LogP contribution < -0.4 is 5.32 Å². The van der Waals surface area contributed by atoms with Gasteiger partial charge in [0.05, 0.1) is 5.75 Å². The number of amides is 1. The number of rotatable bonds is 3. The van der Waals surface area contributed by atoms with E-state index in [1.807, 2.05) is 0 Å². The first-order valence-corrected chi connectivity index (χ1v) is 4.53. The third kappa shape index (κ3) is 3.37. The Balaban J connectivity index is 2.50. The van der Waals surface area contributed by atoms with Crippen LogP contribution in [0.25, 0.3) is 0 Å². The van der Waals surface area contributed by atoms with Crippen molar-refractivity contribution in [3.8, 4) is 0 Å². The predicted octanol–water partition coefficient (Wildman–Crippen LogP) is 0.454. The normalized spacial score (nSPS) is 9.69. The number of hydrogen-bond acceptors (Lipinski definition) is 4. The Morgan fingerprint density at radius 1 is 1.77 bits per heavy atom. The Labute approximate surface area is 79.0 Å². The van der Waals surface area contributed by atoms with Gasteiger partial charge in [0.15, 0.2) is 0 Å². The monoisotopic (exact) mass is 201 g/mol. The molecule has 1 rings (SSSR count). The van der Waals surface area contributed by atoms with Gasteiger partial charge >= 0.3 is 6.08 Å². The molecule has 1 aromatic rings. The summed E-state index contributed by atoms with van der Waals surface area (Å²) in [5.41, 5.74) is 0. The van der Waals surface area contributed by atoms with E-state index < -0.39 is 6.08 Å². The molecule has 0 unspecified atom stereocenters. The summed E-state index contributed by atoms with van der Waals surface area (Å²) >= 11 is 1.16. The zero-order valence-corrected chi connectivity index (χ0v) is 7.77. The summed E-state index contributed by atoms with van der Waals surface area (Å²) in [6.07, 6.45) is 0.538. The molecule has 1 heterocycles. The minimum Gasteiger partial charge on any atom is -0.358 e. The fraction of sp³-hybridized carbons (Fsp3) is 0.286. The van der Waals surface area contributed by atoms with Crippen molar-refractivity contribution < 1.29 is 9.18 Å². The smallest absolute Gasteiger partial charge is 0.309 e. The third-order valence-electron chi connectivity index (χ3n) is 1.23. The molecular weight excluding hydrogens is 193 g/mol. The minimum absolute atomic E-state index is 0.121. The molecule has 13 heavy (non-hydrogen) atoms. The van der Waals surface area contributed by atoms with Crippen molar-refractivity contribution in [2.45, 2.75) is 5.03 Å². The summed E-state index contributed by atoms with van der Waals surface area (Å²) in [5, 5.41) is 2.91. The molecule has 0 aliphatic rings. The Kier molecular flexibility index (Phi) is 3.63. The molecule has 0 spiro atoms. The van der Waals surface area contributed by atoms with Crippen molar-refractivity contribution in [3.05, 3.63) is 18.3 Å². The number of carbonyl (C=O) groups is 1. The van der Waals surface area contributed by atoms with E-state index in [4.69, 9.17) is 0 Å². The van der Waals surface area contributed by atoms with E-state index in [0.717, 1.165) is 11.8 Å². The van der Waals surface area contributed by atoms with E-state index in [0.29, 0.717) is 5.03 Å². The summed E-state index contributed by atoms with van der Waals surface area (Å²) in [6.45, 7) is 0. The minimum atomic E-state index is -0.776. The van der Waals surface area contributed by atoms with Crippen molar-refractivity contribution in [2.75, 3.05) is 12.8 Å². The number of thioether (sulfide) groups is 1. The van der Waals surface area contributed by atoms with E-state index in [-0.39, 0.29) is 11.7 Å². The van der Waals surface area contributed by atoms with Crippen LogP contribution in [-0.2, 0) is 4.79 Å². The van der Waals surface area contributed by atoms with Crippen LogP contribution >= 0.6 is 11.8 Å². The van der Waals surface area contributed by atoms with E-state index in [2.05, 4.69) is 15.3 Å². The van der Waals surface area contributed by atoms with Crippen molar-refractivity contribution >= 4 is 17.7 Å². The van der Waals surface area contributed by atoms with Gasteiger partial charge in [0.2, 0.25) is 5.91 Å². The van der Waals surface area contributed by atoms with E-state index in [1.54, 1.807) is 13.1 Å². The van der Waals surface area contributed by atoms with Gasteiger partial charge in [-0.05, 0) is 6.07 Å². The van der Waals surface area contributed by atoms with Crippen LogP contribution in [0.1, 0.15) is 0 Å². The van der Waals surface area contributed by atoms with Crippen LogP contribution in [0.3, 0.4) is 0 Å². The zero-order chi connectivity index (χ0) is 9.68. The molecule has 4 nitrogen and oxygen atoms in total. The van der Waals surface area contributed by atoms with Gasteiger partial charge in [-0.3, -0.25) is 4.79 Å². The van der Waals surface area contributed by atoms with E-state index >= 15 is 0 Å². The second kappa shape index (κ2) is 4.76. The molecule has 1 amide bonds. The molecule has 1 aromatic heterocycles. The summed E-state index contributed by atoms with van der Waals surface area (Å²) in [7, 11) is 1.55. The largest absolute Gasteiger partial charge is 0.358 e. The van der Waals surface area contributed by atoms with Crippen LogP contribution in [0.2, 0.25) is 0 Å². The van der Waals surface area contributed by atoms with Gasteiger partial charge in [0, 0.05) is 13.2 Å². The van der Waals surface area contributed by atoms with Crippen molar-refractivity contribution in [2.24, 2.45) is 0 Å². The van der Waals surface area contributed by atoms with Gasteiger partial charge in [-0.25, -0.2) is 4.98 Å². The van der Waals surface area contributed by atoms with Gasteiger partial charge in [-0.2, -0.15) is 9.37 Å². The first kappa shape index (κ1) is 9.91. The van der Waals surface area contributed by atoms with Crippen LogP contribution in [0.5, 0.6) is 0 Å². The molecule has 70 valence electrons. The molecule has 0 saturated carbocycles. The maximum absolute atomic E-state index is 12.4. The molecule has 0 bridgehead atoms. The zero-order valence-electron chi connectivity index (χ0n) is 6.95. The number of carbonyl (C=O) groups excluding carboxylic acids is 1. The second-order valence-corrected chi connectivity index (χ2v) is 3.12. The number of halogens is 1. The van der Waals surface area contributed by atoms with Crippen LogP contribution in [-0.4, -0.2) is 28.7 Å². The number of nitrogens with zero attached hydrogens (tertiary/aromatic N) is 2. The van der Waals surface area contributed by atoms with Crippen LogP contribution in [0.4, 0.5) is 4.39 Å². The van der Waals surface area contributed by atoms with Gasteiger partial charge in [0.25, 0.3) is 0 Å². The summed E-state index contributed by atoms with van der Waals surface area (Å²) < 4.78 is 12.4. The highest BCUT2D eigenvalue weighted by atomic mass is 32.2. The van der Waals surface area contributed by atoms with Crippen molar-refractivity contribution in [1.29, 1.82) is 0 Å². The Morgan fingerprint density at radius 2 is 2.54 bits per heavy atom. The van der Waals surface area contributed by atoms with Crippen molar-refractivity contribution in [1.82, 2.24) is 15.3 Å². The Morgan fingerprint density at radius 3 is 3.15 bits per heavy atom. The maximum atomic E-state index is 12.4. The lowest BCUT2D eigenvalue weighted by atomic mass is 10.7. The fourth-order valence-electron chi connectivity index (χ4n) is 0.612. The van der Waals surface area contributed by atoms with E-state index in [9.17, 15) is 9.18 Å². The molecule has 6 heteroatoms. The number of nitrogens with one attached hydrogen (secondary N) is 1. The molecule has 1 N–H and O–H groups in total. The molecule has 0 aliphatic heterocycles. The molecule has 0 atom stereocenters. The lowest BCUT2D eigenvalue weighted by Crippen LogP contribution is -2.19. The van der Waals surface area contributed by atoms with Crippen LogP contribution in [0, 0.1) is 6.08 Å². The molecule has 0 aliphatic carbocycles. The average Bonchev–Trinajstić information content (AvgIpc) is 2.14. The quantitative estimate of drug-likeness (QED) is 0.438. The fourth-order valence-corrected chi connectivity index (χ4v) is 1.33. The molecular formula is C7H8FN3OS. The Hall–Kier alpha value is -1.17. The molecule has 0 saturated heterocycles. The van der Waals surface area contributed by atoms with Gasteiger partial charge < -0.3 is 5.32 Å². The number of hydrogen-bond donors (Lipinski definition) is 1. The van der Waals surface area contributed by atoms with Crippen LogP contribution in [0.15, 0.2) is 17.3 Å². The lowest BCUT2D eigenvalue weighted by molar-refractivity contribution is -0.118. The SMILES string of the molecule is CNC(=O)CSc1ccnc(F)n1. The summed E-state index contributed by atoms with van der Waals surface area (Å²) in [4.78, 5) is 17.6. The summed E-state index contributed by atoms with van der Waals surface area (Å²) in [5.74, 6) is 0.108. The third-order valence-corrected chi connectivity index (χ3v) is 2.16. The summed E-state index contributed by atoms with van der Waals surface area (Å²) in [6, 6.07) is 1.55. The Bertz CT molecular complexity index is 308. The van der Waals surface area contributed by atoms with E-state index in [1.165, 1.54) is 6.20 Å². The lowest BCUT2D eigenvalue weighted by Gasteiger charge is -1.98. The van der Waals surface area contributed by atoms with Gasteiger partial charge in [0.1, 0.15) is 5.03 Å². The van der Waals surface area contributed by atoms with Gasteiger partial charge in [-0.15, -0.1) is 0 Å². The second-order valence-electron chi connectivity index (χ2n) is 2.13. The van der Waals surface area contributed by atoms with Crippen molar-refractivity contribution in [3.63, 3.8) is 0 Å². The molecule has 0 radical (unpaired) electrons. The topological polar surface area (TPSA) is 54.9 Å². The van der Waals surface area contributed by atoms with Gasteiger partial charge in [-0.1, -0.05) is 11.8 Å². The molecule has 0 aromatic carbocycles. The number of aromatic nitrogens is 2. The average molecular weight is 201 g/mol. The highest BCUT2D eigenvalue weighted by molar-refractivity contribution is 7.99. The maximum Gasteiger partial charge on any atom is 0.309 e.